The van der Waals surface area contributed by atoms with Gasteiger partial charge in [0, 0.05) is 18.8 Å². The molecular formula is C19H28N2O. The summed E-state index contributed by atoms with van der Waals surface area (Å²) in [5.74, 6) is 0.941. The first-order valence-corrected chi connectivity index (χ1v) is 8.74. The van der Waals surface area contributed by atoms with Gasteiger partial charge in [0.15, 0.2) is 0 Å². The fourth-order valence-corrected chi connectivity index (χ4v) is 4.07. The molecule has 0 amide bonds. The van der Waals surface area contributed by atoms with Crippen LogP contribution >= 0.6 is 0 Å². The van der Waals surface area contributed by atoms with E-state index in [1.165, 1.54) is 62.7 Å². The Labute approximate surface area is 134 Å². The number of hydrogen-bond acceptors (Lipinski definition) is 3. The minimum absolute atomic E-state index is 0.629. The van der Waals surface area contributed by atoms with Crippen LogP contribution < -0.4 is 5.48 Å². The van der Waals surface area contributed by atoms with E-state index >= 15 is 0 Å². The van der Waals surface area contributed by atoms with Crippen molar-refractivity contribution < 1.29 is 5.21 Å². The van der Waals surface area contributed by atoms with Crippen LogP contribution in [0, 0.1) is 5.92 Å². The van der Waals surface area contributed by atoms with Crippen molar-refractivity contribution in [2.75, 3.05) is 13.1 Å². The molecule has 1 aliphatic heterocycles. The van der Waals surface area contributed by atoms with Crippen LogP contribution in [-0.2, 0) is 6.42 Å². The molecule has 1 aromatic rings. The number of hydroxylamine groups is 1. The SMILES string of the molecule is ON/C=C/Cc1ccc(C2CCCN2CC2CCCC2)cc1. The van der Waals surface area contributed by atoms with E-state index in [9.17, 15) is 0 Å². The summed E-state index contributed by atoms with van der Waals surface area (Å²) in [4.78, 5) is 2.72. The minimum Gasteiger partial charge on any atom is -0.296 e. The van der Waals surface area contributed by atoms with Gasteiger partial charge in [-0.25, -0.2) is 0 Å². The Morgan fingerprint density at radius 3 is 2.59 bits per heavy atom. The van der Waals surface area contributed by atoms with Crippen LogP contribution in [0.1, 0.15) is 55.7 Å². The first kappa shape index (κ1) is 15.6. The smallest absolute Gasteiger partial charge is 0.0348 e. The molecule has 3 nitrogen and oxygen atoms in total. The van der Waals surface area contributed by atoms with E-state index in [2.05, 4.69) is 29.2 Å². The van der Waals surface area contributed by atoms with Gasteiger partial charge < -0.3 is 0 Å². The predicted molar refractivity (Wildman–Crippen MR) is 89.7 cm³/mol. The molecule has 1 saturated carbocycles. The van der Waals surface area contributed by atoms with Gasteiger partial charge in [-0.3, -0.25) is 15.6 Å². The molecule has 1 unspecified atom stereocenters. The summed E-state index contributed by atoms with van der Waals surface area (Å²) < 4.78 is 0. The Morgan fingerprint density at radius 1 is 1.09 bits per heavy atom. The van der Waals surface area contributed by atoms with Gasteiger partial charge in [-0.15, -0.1) is 0 Å². The van der Waals surface area contributed by atoms with E-state index in [0.717, 1.165) is 12.3 Å². The lowest BCUT2D eigenvalue weighted by atomic mass is 10.0. The maximum absolute atomic E-state index is 8.54. The Kier molecular flexibility index (Phi) is 5.52. The van der Waals surface area contributed by atoms with Crippen molar-refractivity contribution in [1.82, 2.24) is 10.4 Å². The number of benzene rings is 1. The number of nitrogens with one attached hydrogen (secondary N) is 1. The highest BCUT2D eigenvalue weighted by molar-refractivity contribution is 5.27. The molecule has 1 atom stereocenters. The van der Waals surface area contributed by atoms with E-state index in [1.807, 2.05) is 11.6 Å². The maximum Gasteiger partial charge on any atom is 0.0348 e. The molecule has 1 aromatic carbocycles. The van der Waals surface area contributed by atoms with E-state index in [1.54, 1.807) is 6.20 Å². The minimum atomic E-state index is 0.629. The highest BCUT2D eigenvalue weighted by Crippen LogP contribution is 2.35. The molecule has 1 heterocycles. The highest BCUT2D eigenvalue weighted by Gasteiger charge is 2.28. The molecule has 1 aliphatic carbocycles. The Morgan fingerprint density at radius 2 is 1.86 bits per heavy atom. The second-order valence-corrected chi connectivity index (χ2v) is 6.78. The fourth-order valence-electron chi connectivity index (χ4n) is 4.07. The topological polar surface area (TPSA) is 35.5 Å². The van der Waals surface area contributed by atoms with Crippen molar-refractivity contribution in [2.24, 2.45) is 5.92 Å². The Hall–Kier alpha value is -1.32. The van der Waals surface area contributed by atoms with Crippen molar-refractivity contribution >= 4 is 0 Å². The normalized spacial score (nSPS) is 23.6. The number of rotatable bonds is 6. The first-order valence-electron chi connectivity index (χ1n) is 8.74. The van der Waals surface area contributed by atoms with Crippen LogP contribution in [0.25, 0.3) is 0 Å². The zero-order valence-corrected chi connectivity index (χ0v) is 13.4. The molecule has 3 heteroatoms. The van der Waals surface area contributed by atoms with Crippen LogP contribution in [-0.4, -0.2) is 23.2 Å². The monoisotopic (exact) mass is 300 g/mol. The zero-order valence-electron chi connectivity index (χ0n) is 13.4. The molecule has 0 radical (unpaired) electrons. The number of hydrogen-bond donors (Lipinski definition) is 2. The largest absolute Gasteiger partial charge is 0.296 e. The second-order valence-electron chi connectivity index (χ2n) is 6.78. The molecule has 120 valence electrons. The highest BCUT2D eigenvalue weighted by atomic mass is 16.5. The standard InChI is InChI=1S/C19H28N2O/c22-20-13-3-7-16-9-11-18(12-10-16)19-8-4-14-21(19)15-17-5-1-2-6-17/h3,9-13,17,19-20,22H,1-2,4-8,14-15H2/b13-3+. The summed E-state index contributed by atoms with van der Waals surface area (Å²) >= 11 is 0. The lowest BCUT2D eigenvalue weighted by Gasteiger charge is -2.27. The van der Waals surface area contributed by atoms with Gasteiger partial charge in [0.1, 0.15) is 0 Å². The third kappa shape index (κ3) is 3.90. The second kappa shape index (κ2) is 7.80. The third-order valence-electron chi connectivity index (χ3n) is 5.24. The van der Waals surface area contributed by atoms with Gasteiger partial charge in [-0.2, -0.15) is 0 Å². The zero-order chi connectivity index (χ0) is 15.2. The number of likely N-dealkylation sites (tertiary alicyclic amines) is 1. The predicted octanol–water partition coefficient (Wildman–Crippen LogP) is 4.05. The summed E-state index contributed by atoms with van der Waals surface area (Å²) in [7, 11) is 0. The van der Waals surface area contributed by atoms with Gasteiger partial charge in [0.2, 0.25) is 0 Å². The summed E-state index contributed by atoms with van der Waals surface area (Å²) in [6, 6.07) is 9.68. The van der Waals surface area contributed by atoms with Gasteiger partial charge in [0.25, 0.3) is 0 Å². The average molecular weight is 300 g/mol. The van der Waals surface area contributed by atoms with Crippen molar-refractivity contribution in [2.45, 2.75) is 51.0 Å². The van der Waals surface area contributed by atoms with E-state index in [-0.39, 0.29) is 0 Å². The van der Waals surface area contributed by atoms with Crippen LogP contribution in [0.5, 0.6) is 0 Å². The van der Waals surface area contributed by atoms with Crippen molar-refractivity contribution in [3.63, 3.8) is 0 Å². The summed E-state index contributed by atoms with van der Waals surface area (Å²) in [6.07, 6.45) is 12.7. The first-order chi connectivity index (χ1) is 10.9. The molecule has 1 saturated heterocycles. The molecule has 22 heavy (non-hydrogen) atoms. The average Bonchev–Trinajstić information content (AvgIpc) is 3.21. The summed E-state index contributed by atoms with van der Waals surface area (Å²) in [5, 5.41) is 8.54. The maximum atomic E-state index is 8.54. The van der Waals surface area contributed by atoms with Crippen molar-refractivity contribution in [3.05, 3.63) is 47.7 Å². The van der Waals surface area contributed by atoms with Gasteiger partial charge in [-0.05, 0) is 55.7 Å². The van der Waals surface area contributed by atoms with Gasteiger partial charge in [0.05, 0.1) is 0 Å². The van der Waals surface area contributed by atoms with E-state index in [0.29, 0.717) is 6.04 Å². The molecule has 0 spiro atoms. The van der Waals surface area contributed by atoms with Crippen molar-refractivity contribution in [1.29, 1.82) is 0 Å². The molecule has 3 rings (SSSR count). The summed E-state index contributed by atoms with van der Waals surface area (Å²) in [5.41, 5.74) is 4.81. The van der Waals surface area contributed by atoms with Crippen LogP contribution in [0.2, 0.25) is 0 Å². The molecule has 2 aliphatic rings. The van der Waals surface area contributed by atoms with E-state index < -0.39 is 0 Å². The number of allylic oxidation sites excluding steroid dienone is 1. The summed E-state index contributed by atoms with van der Waals surface area (Å²) in [6.45, 7) is 2.57. The molecule has 2 N–H and O–H groups in total. The lowest BCUT2D eigenvalue weighted by molar-refractivity contribution is 0.214. The van der Waals surface area contributed by atoms with Gasteiger partial charge >= 0.3 is 0 Å². The lowest BCUT2D eigenvalue weighted by Crippen LogP contribution is -2.28. The Bertz CT molecular complexity index is 477. The van der Waals surface area contributed by atoms with Crippen LogP contribution in [0.3, 0.4) is 0 Å². The third-order valence-corrected chi connectivity index (χ3v) is 5.24. The fraction of sp³-hybridized carbons (Fsp3) is 0.579. The van der Waals surface area contributed by atoms with Crippen molar-refractivity contribution in [3.8, 4) is 0 Å². The molecule has 0 bridgehead atoms. The quantitative estimate of drug-likeness (QED) is 0.778. The van der Waals surface area contributed by atoms with Crippen LogP contribution in [0.4, 0.5) is 0 Å². The van der Waals surface area contributed by atoms with Gasteiger partial charge in [-0.1, -0.05) is 43.2 Å². The van der Waals surface area contributed by atoms with E-state index in [4.69, 9.17) is 5.21 Å². The Balaban J connectivity index is 1.60. The number of nitrogens with zero attached hydrogens (tertiary/aromatic N) is 1. The molecule has 2 fully saturated rings. The molecule has 0 aromatic heterocycles. The molecular weight excluding hydrogens is 272 g/mol. The van der Waals surface area contributed by atoms with Crippen LogP contribution in [0.15, 0.2) is 36.5 Å².